The number of nitrogens with zero attached hydrogens (tertiary/aromatic N) is 3. The molecule has 0 spiro atoms. The Hall–Kier alpha value is -2.86. The number of benzene rings is 2. The first kappa shape index (κ1) is 16.6. The van der Waals surface area contributed by atoms with Crippen molar-refractivity contribution in [2.75, 3.05) is 12.9 Å². The van der Waals surface area contributed by atoms with Crippen LogP contribution < -0.4 is 4.74 Å². The van der Waals surface area contributed by atoms with Gasteiger partial charge in [-0.25, -0.2) is 0 Å². The molecule has 4 rings (SSSR count). The predicted molar refractivity (Wildman–Crippen MR) is 103 cm³/mol. The summed E-state index contributed by atoms with van der Waals surface area (Å²) in [4.78, 5) is 12.4. The molecule has 0 aliphatic rings. The standard InChI is InChI=1S/C20H17N3O2S/c1-13-10-19-21-22-20(26-12-18(24)14-6-4-3-5-7-14)23(19)17-11-15(25-2)8-9-16(13)17/h3-11H,12H2,1-2H3. The first-order chi connectivity index (χ1) is 12.7. The minimum absolute atomic E-state index is 0.0707. The van der Waals surface area contributed by atoms with Crippen molar-refractivity contribution < 1.29 is 9.53 Å². The predicted octanol–water partition coefficient (Wildman–Crippen LogP) is 4.17. The highest BCUT2D eigenvalue weighted by atomic mass is 32.2. The van der Waals surface area contributed by atoms with E-state index in [4.69, 9.17) is 4.74 Å². The highest BCUT2D eigenvalue weighted by Gasteiger charge is 2.14. The molecule has 0 amide bonds. The molecule has 2 heterocycles. The lowest BCUT2D eigenvalue weighted by Crippen LogP contribution is -2.03. The number of aryl methyl sites for hydroxylation is 1. The van der Waals surface area contributed by atoms with E-state index in [0.29, 0.717) is 16.5 Å². The van der Waals surface area contributed by atoms with Gasteiger partial charge >= 0.3 is 0 Å². The second kappa shape index (κ2) is 6.80. The molecule has 6 heteroatoms. The van der Waals surface area contributed by atoms with Crippen LogP contribution in [-0.2, 0) is 0 Å². The fourth-order valence-electron chi connectivity index (χ4n) is 2.96. The number of hydrogen-bond acceptors (Lipinski definition) is 5. The van der Waals surface area contributed by atoms with Crippen molar-refractivity contribution in [3.8, 4) is 5.75 Å². The van der Waals surface area contributed by atoms with Gasteiger partial charge in [0.15, 0.2) is 16.6 Å². The topological polar surface area (TPSA) is 56.5 Å². The van der Waals surface area contributed by atoms with Gasteiger partial charge in [0.1, 0.15) is 5.75 Å². The number of fused-ring (bicyclic) bond motifs is 3. The zero-order valence-corrected chi connectivity index (χ0v) is 15.3. The van der Waals surface area contributed by atoms with Gasteiger partial charge in [0.2, 0.25) is 0 Å². The lowest BCUT2D eigenvalue weighted by Gasteiger charge is -2.09. The molecule has 0 radical (unpaired) electrons. The van der Waals surface area contributed by atoms with Crippen LogP contribution in [0.4, 0.5) is 0 Å². The molecule has 0 aliphatic heterocycles. The maximum atomic E-state index is 12.4. The van der Waals surface area contributed by atoms with Crippen molar-refractivity contribution in [2.24, 2.45) is 0 Å². The maximum Gasteiger partial charge on any atom is 0.196 e. The van der Waals surface area contributed by atoms with Crippen LogP contribution in [0, 0.1) is 6.92 Å². The number of pyridine rings is 1. The molecule has 4 aromatic rings. The second-order valence-electron chi connectivity index (χ2n) is 5.96. The third-order valence-electron chi connectivity index (χ3n) is 4.30. The van der Waals surface area contributed by atoms with Gasteiger partial charge in [0, 0.05) is 17.0 Å². The molecule has 0 saturated heterocycles. The Morgan fingerprint density at radius 1 is 1.12 bits per heavy atom. The van der Waals surface area contributed by atoms with Gasteiger partial charge in [-0.2, -0.15) is 0 Å². The largest absolute Gasteiger partial charge is 0.497 e. The number of Topliss-reactive ketones (excluding diaryl/α,β-unsaturated/α-hetero) is 1. The lowest BCUT2D eigenvalue weighted by atomic mass is 10.1. The highest BCUT2D eigenvalue weighted by Crippen LogP contribution is 2.28. The smallest absolute Gasteiger partial charge is 0.196 e. The van der Waals surface area contributed by atoms with E-state index in [0.717, 1.165) is 27.9 Å². The van der Waals surface area contributed by atoms with Crippen molar-refractivity contribution in [2.45, 2.75) is 12.1 Å². The number of thioether (sulfide) groups is 1. The minimum atomic E-state index is 0.0707. The number of carbonyl (C=O) groups is 1. The van der Waals surface area contributed by atoms with Gasteiger partial charge in [-0.15, -0.1) is 10.2 Å². The van der Waals surface area contributed by atoms with E-state index in [2.05, 4.69) is 17.1 Å². The Labute approximate surface area is 155 Å². The van der Waals surface area contributed by atoms with Crippen LogP contribution in [-0.4, -0.2) is 33.2 Å². The van der Waals surface area contributed by atoms with Crippen molar-refractivity contribution in [3.05, 3.63) is 65.7 Å². The van der Waals surface area contributed by atoms with E-state index < -0.39 is 0 Å². The summed E-state index contributed by atoms with van der Waals surface area (Å²) in [6.45, 7) is 2.05. The Balaban J connectivity index is 1.74. The quantitative estimate of drug-likeness (QED) is 0.393. The summed E-state index contributed by atoms with van der Waals surface area (Å²) in [5.74, 6) is 1.15. The van der Waals surface area contributed by atoms with Crippen LogP contribution in [0.25, 0.3) is 16.6 Å². The average molecular weight is 363 g/mol. The Morgan fingerprint density at radius 3 is 2.69 bits per heavy atom. The third kappa shape index (κ3) is 2.93. The fraction of sp³-hybridized carbons (Fsp3) is 0.150. The summed E-state index contributed by atoms with van der Waals surface area (Å²) in [6, 6.07) is 17.2. The van der Waals surface area contributed by atoms with Crippen LogP contribution in [0.15, 0.2) is 59.8 Å². The van der Waals surface area contributed by atoms with Gasteiger partial charge in [-0.05, 0) is 30.7 Å². The molecule has 0 saturated carbocycles. The summed E-state index contributed by atoms with van der Waals surface area (Å²) in [5, 5.41) is 10.4. The van der Waals surface area contributed by atoms with Gasteiger partial charge in [0.25, 0.3) is 0 Å². The Bertz CT molecular complexity index is 1110. The highest BCUT2D eigenvalue weighted by molar-refractivity contribution is 7.99. The molecular formula is C20H17N3O2S. The molecule has 0 N–H and O–H groups in total. The van der Waals surface area contributed by atoms with Gasteiger partial charge in [0.05, 0.1) is 18.4 Å². The summed E-state index contributed by atoms with van der Waals surface area (Å²) >= 11 is 1.39. The number of aromatic nitrogens is 3. The van der Waals surface area contributed by atoms with Crippen molar-refractivity contribution in [1.82, 2.24) is 14.6 Å². The molecule has 26 heavy (non-hydrogen) atoms. The summed E-state index contributed by atoms with van der Waals surface area (Å²) in [7, 11) is 1.65. The summed E-state index contributed by atoms with van der Waals surface area (Å²) < 4.78 is 7.35. The lowest BCUT2D eigenvalue weighted by molar-refractivity contribution is 0.102. The summed E-state index contributed by atoms with van der Waals surface area (Å²) in [6.07, 6.45) is 0. The van der Waals surface area contributed by atoms with Crippen LogP contribution in [0.5, 0.6) is 5.75 Å². The number of ether oxygens (including phenoxy) is 1. The molecular weight excluding hydrogens is 346 g/mol. The molecule has 2 aromatic heterocycles. The van der Waals surface area contributed by atoms with E-state index in [-0.39, 0.29) is 5.78 Å². The van der Waals surface area contributed by atoms with Gasteiger partial charge < -0.3 is 4.74 Å². The number of rotatable bonds is 5. The Morgan fingerprint density at radius 2 is 1.92 bits per heavy atom. The molecule has 0 fully saturated rings. The SMILES string of the molecule is COc1ccc2c(C)cc3nnc(SCC(=O)c4ccccc4)n3c2c1. The molecule has 2 aromatic carbocycles. The number of carbonyl (C=O) groups excluding carboxylic acids is 1. The van der Waals surface area contributed by atoms with Crippen LogP contribution >= 0.6 is 11.8 Å². The zero-order valence-electron chi connectivity index (χ0n) is 14.5. The van der Waals surface area contributed by atoms with E-state index in [1.807, 2.05) is 59.0 Å². The molecule has 130 valence electrons. The zero-order chi connectivity index (χ0) is 18.1. The molecule has 0 unspecified atom stereocenters. The maximum absolute atomic E-state index is 12.4. The van der Waals surface area contributed by atoms with Crippen molar-refractivity contribution in [1.29, 1.82) is 0 Å². The third-order valence-corrected chi connectivity index (χ3v) is 5.23. The van der Waals surface area contributed by atoms with Gasteiger partial charge in [-0.1, -0.05) is 42.1 Å². The first-order valence-corrected chi connectivity index (χ1v) is 9.19. The molecule has 0 bridgehead atoms. The summed E-state index contributed by atoms with van der Waals surface area (Å²) in [5.41, 5.74) is 3.56. The van der Waals surface area contributed by atoms with Crippen LogP contribution in [0.2, 0.25) is 0 Å². The van der Waals surface area contributed by atoms with Crippen LogP contribution in [0.3, 0.4) is 0 Å². The fourth-order valence-corrected chi connectivity index (χ4v) is 3.81. The number of ketones is 1. The van der Waals surface area contributed by atoms with E-state index in [1.54, 1.807) is 7.11 Å². The normalized spacial score (nSPS) is 11.2. The monoisotopic (exact) mass is 363 g/mol. The van der Waals surface area contributed by atoms with E-state index in [9.17, 15) is 4.79 Å². The molecule has 5 nitrogen and oxygen atoms in total. The molecule has 0 atom stereocenters. The van der Waals surface area contributed by atoms with Crippen molar-refractivity contribution in [3.63, 3.8) is 0 Å². The van der Waals surface area contributed by atoms with Crippen LogP contribution in [0.1, 0.15) is 15.9 Å². The molecule has 0 aliphatic carbocycles. The van der Waals surface area contributed by atoms with Crippen molar-refractivity contribution >= 4 is 34.1 Å². The second-order valence-corrected chi connectivity index (χ2v) is 6.91. The van der Waals surface area contributed by atoms with E-state index >= 15 is 0 Å². The minimum Gasteiger partial charge on any atom is -0.497 e. The average Bonchev–Trinajstić information content (AvgIpc) is 3.09. The first-order valence-electron chi connectivity index (χ1n) is 8.21. The van der Waals surface area contributed by atoms with Gasteiger partial charge in [-0.3, -0.25) is 9.20 Å². The Kier molecular flexibility index (Phi) is 4.34. The van der Waals surface area contributed by atoms with E-state index in [1.165, 1.54) is 11.8 Å². The number of hydrogen-bond donors (Lipinski definition) is 0. The number of methoxy groups -OCH3 is 1.